The zero-order valence-electron chi connectivity index (χ0n) is 21.5. The Kier molecular flexibility index (Phi) is 8.91. The molecule has 0 N–H and O–H groups in total. The summed E-state index contributed by atoms with van der Waals surface area (Å²) < 4.78 is 2.44. The van der Waals surface area contributed by atoms with E-state index in [1.807, 2.05) is 0 Å². The first-order chi connectivity index (χ1) is 17.1. The predicted octanol–water partition coefficient (Wildman–Crippen LogP) is 7.40. The van der Waals surface area contributed by atoms with Gasteiger partial charge in [-0.15, -0.1) is 0 Å². The molecular formula is C32H39N3. The van der Waals surface area contributed by atoms with Crippen LogP contribution in [0.4, 0.5) is 0 Å². The molecule has 0 atom stereocenters. The first kappa shape index (κ1) is 24.9. The summed E-state index contributed by atoms with van der Waals surface area (Å²) in [5.74, 6) is 1.75. The molecule has 182 valence electrons. The normalized spacial score (nSPS) is 11.5. The lowest BCUT2D eigenvalue weighted by Crippen LogP contribution is -2.26. The molecule has 0 amide bonds. The Bertz CT molecular complexity index is 1140. The van der Waals surface area contributed by atoms with E-state index < -0.39 is 0 Å². The topological polar surface area (TPSA) is 21.1 Å². The first-order valence-corrected chi connectivity index (χ1v) is 13.1. The van der Waals surface area contributed by atoms with E-state index in [0.29, 0.717) is 5.92 Å². The summed E-state index contributed by atoms with van der Waals surface area (Å²) in [6.07, 6.45) is 5.36. The molecule has 4 aromatic rings. The number of hydrogen-bond donors (Lipinski definition) is 0. The molecule has 4 rings (SSSR count). The Morgan fingerprint density at radius 1 is 0.771 bits per heavy atom. The fourth-order valence-corrected chi connectivity index (χ4v) is 4.51. The number of rotatable bonds is 12. The Labute approximate surface area is 211 Å². The van der Waals surface area contributed by atoms with E-state index in [1.165, 1.54) is 34.4 Å². The van der Waals surface area contributed by atoms with Gasteiger partial charge in [-0.05, 0) is 48.4 Å². The molecule has 0 aliphatic carbocycles. The third kappa shape index (κ3) is 7.16. The standard InChI is InChI=1S/C32H39N3/c1-4-27-15-17-29(18-16-27)24-34(21-19-26(2)3)25-31-23-33-32(30-13-9-6-10-14-30)35(31)22-20-28-11-7-5-8-12-28/h5-18,23,26H,4,19-22,24-25H2,1-3H3. The number of hydrogen-bond acceptors (Lipinski definition) is 2. The molecule has 0 bridgehead atoms. The highest BCUT2D eigenvalue weighted by Gasteiger charge is 2.16. The maximum atomic E-state index is 4.91. The van der Waals surface area contributed by atoms with Crippen LogP contribution < -0.4 is 0 Å². The van der Waals surface area contributed by atoms with Gasteiger partial charge in [-0.2, -0.15) is 0 Å². The molecule has 0 radical (unpaired) electrons. The van der Waals surface area contributed by atoms with Crippen LogP contribution in [0.3, 0.4) is 0 Å². The lowest BCUT2D eigenvalue weighted by Gasteiger charge is -2.24. The van der Waals surface area contributed by atoms with Gasteiger partial charge in [-0.25, -0.2) is 4.98 Å². The van der Waals surface area contributed by atoms with Crippen molar-refractivity contribution < 1.29 is 0 Å². The molecule has 3 aromatic carbocycles. The van der Waals surface area contributed by atoms with Crippen molar-refractivity contribution >= 4 is 0 Å². The molecule has 0 aliphatic heterocycles. The molecule has 0 unspecified atom stereocenters. The van der Waals surface area contributed by atoms with Crippen LogP contribution in [0, 0.1) is 5.92 Å². The number of aromatic nitrogens is 2. The maximum absolute atomic E-state index is 4.91. The summed E-state index contributed by atoms with van der Waals surface area (Å²) in [5, 5.41) is 0. The van der Waals surface area contributed by atoms with Crippen molar-refractivity contribution in [2.45, 2.75) is 59.7 Å². The fraction of sp³-hybridized carbons (Fsp3) is 0.344. The zero-order valence-corrected chi connectivity index (χ0v) is 21.5. The molecule has 1 aromatic heterocycles. The monoisotopic (exact) mass is 465 g/mol. The highest BCUT2D eigenvalue weighted by Crippen LogP contribution is 2.22. The van der Waals surface area contributed by atoms with Crippen molar-refractivity contribution in [1.82, 2.24) is 14.5 Å². The minimum atomic E-state index is 0.683. The molecule has 1 heterocycles. The Balaban J connectivity index is 1.59. The van der Waals surface area contributed by atoms with E-state index in [2.05, 4.69) is 121 Å². The van der Waals surface area contributed by atoms with Crippen LogP contribution in [0.25, 0.3) is 11.4 Å². The summed E-state index contributed by atoms with van der Waals surface area (Å²) in [4.78, 5) is 7.50. The summed E-state index contributed by atoms with van der Waals surface area (Å²) in [5.41, 5.74) is 6.60. The van der Waals surface area contributed by atoms with Crippen LogP contribution in [-0.4, -0.2) is 21.0 Å². The van der Waals surface area contributed by atoms with Crippen molar-refractivity contribution in [2.24, 2.45) is 5.92 Å². The van der Waals surface area contributed by atoms with Crippen molar-refractivity contribution in [3.63, 3.8) is 0 Å². The second kappa shape index (κ2) is 12.5. The molecule has 0 saturated heterocycles. The van der Waals surface area contributed by atoms with E-state index in [1.54, 1.807) is 0 Å². The molecule has 35 heavy (non-hydrogen) atoms. The molecule has 0 saturated carbocycles. The predicted molar refractivity (Wildman–Crippen MR) is 147 cm³/mol. The van der Waals surface area contributed by atoms with Crippen LogP contribution in [0.5, 0.6) is 0 Å². The van der Waals surface area contributed by atoms with E-state index in [4.69, 9.17) is 4.98 Å². The van der Waals surface area contributed by atoms with Gasteiger partial charge in [0.1, 0.15) is 5.82 Å². The minimum Gasteiger partial charge on any atom is -0.326 e. The van der Waals surface area contributed by atoms with Crippen molar-refractivity contribution in [3.8, 4) is 11.4 Å². The van der Waals surface area contributed by atoms with Gasteiger partial charge in [0.25, 0.3) is 0 Å². The number of benzene rings is 3. The average Bonchev–Trinajstić information content (AvgIpc) is 3.29. The second-order valence-corrected chi connectivity index (χ2v) is 9.89. The fourth-order valence-electron chi connectivity index (χ4n) is 4.51. The van der Waals surface area contributed by atoms with Crippen LogP contribution in [0.2, 0.25) is 0 Å². The third-order valence-corrected chi connectivity index (χ3v) is 6.68. The molecule has 3 heteroatoms. The summed E-state index contributed by atoms with van der Waals surface area (Å²) in [6, 6.07) is 30.5. The molecule has 0 aliphatic rings. The highest BCUT2D eigenvalue weighted by atomic mass is 15.2. The lowest BCUT2D eigenvalue weighted by atomic mass is 10.1. The van der Waals surface area contributed by atoms with Gasteiger partial charge in [0.2, 0.25) is 0 Å². The molecule has 0 spiro atoms. The third-order valence-electron chi connectivity index (χ3n) is 6.68. The van der Waals surface area contributed by atoms with Crippen LogP contribution in [0.15, 0.2) is 91.1 Å². The molecule has 0 fully saturated rings. The Hall–Kier alpha value is -3.17. The van der Waals surface area contributed by atoms with Crippen molar-refractivity contribution in [1.29, 1.82) is 0 Å². The zero-order chi connectivity index (χ0) is 24.5. The van der Waals surface area contributed by atoms with Gasteiger partial charge in [0.15, 0.2) is 0 Å². The average molecular weight is 466 g/mol. The van der Waals surface area contributed by atoms with E-state index >= 15 is 0 Å². The van der Waals surface area contributed by atoms with Gasteiger partial charge < -0.3 is 4.57 Å². The largest absolute Gasteiger partial charge is 0.326 e. The van der Waals surface area contributed by atoms with Crippen LogP contribution in [0.1, 0.15) is 49.6 Å². The van der Waals surface area contributed by atoms with Gasteiger partial charge >= 0.3 is 0 Å². The van der Waals surface area contributed by atoms with Crippen molar-refractivity contribution in [2.75, 3.05) is 6.54 Å². The van der Waals surface area contributed by atoms with E-state index in [-0.39, 0.29) is 0 Å². The maximum Gasteiger partial charge on any atom is 0.140 e. The van der Waals surface area contributed by atoms with Gasteiger partial charge in [-0.3, -0.25) is 4.90 Å². The Morgan fingerprint density at radius 2 is 1.43 bits per heavy atom. The lowest BCUT2D eigenvalue weighted by molar-refractivity contribution is 0.235. The van der Waals surface area contributed by atoms with Crippen molar-refractivity contribution in [3.05, 3.63) is 114 Å². The number of nitrogens with zero attached hydrogens (tertiary/aromatic N) is 3. The summed E-state index contributed by atoms with van der Waals surface area (Å²) >= 11 is 0. The van der Waals surface area contributed by atoms with E-state index in [9.17, 15) is 0 Å². The molecular weight excluding hydrogens is 426 g/mol. The van der Waals surface area contributed by atoms with E-state index in [0.717, 1.165) is 44.8 Å². The highest BCUT2D eigenvalue weighted by molar-refractivity contribution is 5.56. The SMILES string of the molecule is CCc1ccc(CN(CCC(C)C)Cc2cnc(-c3ccccc3)n2CCc2ccccc2)cc1. The smallest absolute Gasteiger partial charge is 0.140 e. The summed E-state index contributed by atoms with van der Waals surface area (Å²) in [6.45, 7) is 10.7. The Morgan fingerprint density at radius 3 is 2.09 bits per heavy atom. The second-order valence-electron chi connectivity index (χ2n) is 9.89. The van der Waals surface area contributed by atoms with Gasteiger partial charge in [0, 0.05) is 25.2 Å². The quantitative estimate of drug-likeness (QED) is 0.217. The molecule has 3 nitrogen and oxygen atoms in total. The van der Waals surface area contributed by atoms with Crippen LogP contribution in [-0.2, 0) is 32.5 Å². The van der Waals surface area contributed by atoms with Gasteiger partial charge in [0.05, 0.1) is 11.9 Å². The minimum absolute atomic E-state index is 0.683. The summed E-state index contributed by atoms with van der Waals surface area (Å²) in [7, 11) is 0. The van der Waals surface area contributed by atoms with Gasteiger partial charge in [-0.1, -0.05) is 106 Å². The first-order valence-electron chi connectivity index (χ1n) is 13.1. The number of aryl methyl sites for hydroxylation is 2. The van der Waals surface area contributed by atoms with Crippen LogP contribution >= 0.6 is 0 Å². The number of imidazole rings is 1.